The highest BCUT2D eigenvalue weighted by molar-refractivity contribution is 5.92. The quantitative estimate of drug-likeness (QED) is 0.699. The zero-order valence-electron chi connectivity index (χ0n) is 14.3. The summed E-state index contributed by atoms with van der Waals surface area (Å²) in [6, 6.07) is 15.2. The van der Waals surface area contributed by atoms with Gasteiger partial charge in [0.15, 0.2) is 5.82 Å². The lowest BCUT2D eigenvalue weighted by molar-refractivity contribution is 0.0619. The van der Waals surface area contributed by atoms with Gasteiger partial charge in [-0.2, -0.15) is 4.68 Å². The number of aromatic nitrogens is 5. The van der Waals surface area contributed by atoms with E-state index in [-0.39, 0.29) is 5.91 Å². The van der Waals surface area contributed by atoms with Gasteiger partial charge in [-0.15, -0.1) is 5.10 Å². The fourth-order valence-electron chi connectivity index (χ4n) is 3.03. The number of hydrogen-bond acceptors (Lipinski definition) is 6. The van der Waals surface area contributed by atoms with Crippen molar-refractivity contribution in [3.8, 4) is 5.69 Å². The van der Waals surface area contributed by atoms with Crippen molar-refractivity contribution in [2.24, 2.45) is 0 Å². The predicted octanol–water partition coefficient (Wildman–Crippen LogP) is 1.02. The molecule has 1 saturated heterocycles. The Kier molecular flexibility index (Phi) is 4.65. The van der Waals surface area contributed by atoms with Gasteiger partial charge in [0.2, 0.25) is 0 Å². The van der Waals surface area contributed by atoms with Crippen LogP contribution in [0.5, 0.6) is 0 Å². The van der Waals surface area contributed by atoms with Crippen molar-refractivity contribution >= 4 is 5.91 Å². The number of benzene rings is 1. The third kappa shape index (κ3) is 3.45. The van der Waals surface area contributed by atoms with Crippen LogP contribution in [0.25, 0.3) is 5.69 Å². The van der Waals surface area contributed by atoms with E-state index in [1.807, 2.05) is 47.4 Å². The summed E-state index contributed by atoms with van der Waals surface area (Å²) < 4.78 is 1.76. The van der Waals surface area contributed by atoms with Crippen molar-refractivity contribution in [2.75, 3.05) is 26.2 Å². The molecular formula is C18H19N7O. The summed E-state index contributed by atoms with van der Waals surface area (Å²) in [7, 11) is 0. The summed E-state index contributed by atoms with van der Waals surface area (Å²) in [5.41, 5.74) is 1.44. The minimum atomic E-state index is -0.0145. The second kappa shape index (κ2) is 7.40. The van der Waals surface area contributed by atoms with Crippen LogP contribution in [0.3, 0.4) is 0 Å². The maximum atomic E-state index is 12.5. The van der Waals surface area contributed by atoms with E-state index in [2.05, 4.69) is 25.4 Å². The lowest BCUT2D eigenvalue weighted by atomic mass is 10.2. The van der Waals surface area contributed by atoms with E-state index in [1.54, 1.807) is 16.9 Å². The number of carbonyl (C=O) groups excluding carboxylic acids is 1. The largest absolute Gasteiger partial charge is 0.335 e. The number of amides is 1. The molecule has 1 amide bonds. The van der Waals surface area contributed by atoms with Crippen LogP contribution in [0.1, 0.15) is 16.3 Å². The molecule has 4 rings (SSSR count). The van der Waals surface area contributed by atoms with E-state index in [4.69, 9.17) is 0 Å². The Hall–Kier alpha value is -3.13. The number of piperazine rings is 1. The maximum absolute atomic E-state index is 12.5. The summed E-state index contributed by atoms with van der Waals surface area (Å²) in [4.78, 5) is 20.7. The molecule has 0 aliphatic carbocycles. The zero-order valence-corrected chi connectivity index (χ0v) is 14.3. The minimum Gasteiger partial charge on any atom is -0.335 e. The topological polar surface area (TPSA) is 80.0 Å². The highest BCUT2D eigenvalue weighted by atomic mass is 16.2. The highest BCUT2D eigenvalue weighted by Crippen LogP contribution is 2.12. The van der Waals surface area contributed by atoms with E-state index >= 15 is 0 Å². The van der Waals surface area contributed by atoms with E-state index in [0.717, 1.165) is 24.6 Å². The number of nitrogens with zero attached hydrogens (tertiary/aromatic N) is 7. The average Bonchev–Trinajstić information content (AvgIpc) is 3.17. The number of hydrogen-bond donors (Lipinski definition) is 0. The average molecular weight is 349 g/mol. The fourth-order valence-corrected chi connectivity index (χ4v) is 3.03. The van der Waals surface area contributed by atoms with Crippen LogP contribution < -0.4 is 0 Å². The van der Waals surface area contributed by atoms with E-state index < -0.39 is 0 Å². The number of carbonyl (C=O) groups is 1. The normalized spacial score (nSPS) is 15.2. The molecule has 26 heavy (non-hydrogen) atoms. The second-order valence-electron chi connectivity index (χ2n) is 6.13. The van der Waals surface area contributed by atoms with Gasteiger partial charge in [-0.1, -0.05) is 24.3 Å². The van der Waals surface area contributed by atoms with E-state index in [1.165, 1.54) is 0 Å². The highest BCUT2D eigenvalue weighted by Gasteiger charge is 2.24. The first-order chi connectivity index (χ1) is 12.8. The van der Waals surface area contributed by atoms with Crippen LogP contribution in [0.15, 0.2) is 54.7 Å². The lowest BCUT2D eigenvalue weighted by Gasteiger charge is -2.34. The van der Waals surface area contributed by atoms with Gasteiger partial charge in [0, 0.05) is 32.4 Å². The predicted molar refractivity (Wildman–Crippen MR) is 94.6 cm³/mol. The molecule has 132 valence electrons. The Bertz CT molecular complexity index is 858. The van der Waals surface area contributed by atoms with Gasteiger partial charge in [-0.3, -0.25) is 14.7 Å². The number of tetrazole rings is 1. The smallest absolute Gasteiger partial charge is 0.272 e. The summed E-state index contributed by atoms with van der Waals surface area (Å²) in [6.07, 6.45) is 1.65. The molecule has 0 radical (unpaired) electrons. The maximum Gasteiger partial charge on any atom is 0.272 e. The van der Waals surface area contributed by atoms with Crippen molar-refractivity contribution in [3.63, 3.8) is 0 Å². The summed E-state index contributed by atoms with van der Waals surface area (Å²) in [5, 5.41) is 12.1. The molecule has 1 aliphatic rings. The molecule has 0 N–H and O–H groups in total. The van der Waals surface area contributed by atoms with E-state index in [9.17, 15) is 4.79 Å². The Morgan fingerprint density at radius 1 is 0.962 bits per heavy atom. The Labute approximate surface area is 151 Å². The molecule has 0 saturated carbocycles. The van der Waals surface area contributed by atoms with Gasteiger partial charge < -0.3 is 4.90 Å². The van der Waals surface area contributed by atoms with Crippen molar-refractivity contribution in [1.82, 2.24) is 35.0 Å². The fraction of sp³-hybridized carbons (Fsp3) is 0.278. The van der Waals surface area contributed by atoms with Gasteiger partial charge in [0.1, 0.15) is 5.69 Å². The van der Waals surface area contributed by atoms with Gasteiger partial charge in [0.25, 0.3) is 5.91 Å². The minimum absolute atomic E-state index is 0.0145. The summed E-state index contributed by atoms with van der Waals surface area (Å²) in [5.74, 6) is 0.778. The van der Waals surface area contributed by atoms with Gasteiger partial charge in [-0.05, 0) is 34.7 Å². The van der Waals surface area contributed by atoms with Crippen LogP contribution in [0.4, 0.5) is 0 Å². The molecule has 1 aromatic carbocycles. The number of rotatable bonds is 4. The lowest BCUT2D eigenvalue weighted by Crippen LogP contribution is -2.48. The Morgan fingerprint density at radius 2 is 1.73 bits per heavy atom. The molecule has 0 bridgehead atoms. The van der Waals surface area contributed by atoms with Crippen molar-refractivity contribution in [2.45, 2.75) is 6.54 Å². The third-order valence-electron chi connectivity index (χ3n) is 4.44. The molecule has 0 spiro atoms. The molecule has 8 nitrogen and oxygen atoms in total. The Balaban J connectivity index is 1.38. The van der Waals surface area contributed by atoms with E-state index in [0.29, 0.717) is 25.3 Å². The first kappa shape index (κ1) is 16.3. The molecule has 0 unspecified atom stereocenters. The monoisotopic (exact) mass is 349 g/mol. The molecule has 8 heteroatoms. The van der Waals surface area contributed by atoms with Crippen molar-refractivity contribution < 1.29 is 4.79 Å². The number of para-hydroxylation sites is 1. The van der Waals surface area contributed by atoms with Gasteiger partial charge in [-0.25, -0.2) is 0 Å². The first-order valence-electron chi connectivity index (χ1n) is 8.56. The molecule has 3 heterocycles. The van der Waals surface area contributed by atoms with Gasteiger partial charge in [0.05, 0.1) is 12.2 Å². The Morgan fingerprint density at radius 3 is 2.46 bits per heavy atom. The third-order valence-corrected chi connectivity index (χ3v) is 4.44. The molecule has 1 fully saturated rings. The summed E-state index contributed by atoms with van der Waals surface area (Å²) >= 11 is 0. The first-order valence-corrected chi connectivity index (χ1v) is 8.56. The van der Waals surface area contributed by atoms with Crippen molar-refractivity contribution in [3.05, 3.63) is 66.2 Å². The van der Waals surface area contributed by atoms with Crippen LogP contribution >= 0.6 is 0 Å². The second-order valence-corrected chi connectivity index (χ2v) is 6.13. The summed E-state index contributed by atoms with van der Waals surface area (Å²) in [6.45, 7) is 3.54. The van der Waals surface area contributed by atoms with Crippen LogP contribution in [-0.2, 0) is 6.54 Å². The SMILES string of the molecule is O=C(c1ccccn1)N1CCN(Cc2nnnn2-c2ccccc2)CC1. The molecule has 0 atom stereocenters. The van der Waals surface area contributed by atoms with Crippen molar-refractivity contribution in [1.29, 1.82) is 0 Å². The van der Waals surface area contributed by atoms with Gasteiger partial charge >= 0.3 is 0 Å². The molecule has 3 aromatic rings. The zero-order chi connectivity index (χ0) is 17.8. The standard InChI is InChI=1S/C18H19N7O/c26-18(16-8-4-5-9-19-16)24-12-10-23(11-13-24)14-17-20-21-22-25(17)15-6-2-1-3-7-15/h1-9H,10-14H2. The molecular weight excluding hydrogens is 330 g/mol. The number of pyridine rings is 1. The molecule has 1 aliphatic heterocycles. The van der Waals surface area contributed by atoms with Crippen LogP contribution in [-0.4, -0.2) is 67.1 Å². The molecule has 2 aromatic heterocycles. The van der Waals surface area contributed by atoms with Crippen LogP contribution in [0.2, 0.25) is 0 Å². The van der Waals surface area contributed by atoms with Crippen LogP contribution in [0, 0.1) is 0 Å².